The summed E-state index contributed by atoms with van der Waals surface area (Å²) in [5, 5.41) is 3.58. The third-order valence-electron chi connectivity index (χ3n) is 0.409. The van der Waals surface area contributed by atoms with Crippen molar-refractivity contribution in [1.29, 1.82) is 0 Å². The molecular formula is C3H6N2P2. The molecule has 0 aliphatic heterocycles. The second-order valence-corrected chi connectivity index (χ2v) is 1.52. The highest BCUT2D eigenvalue weighted by molar-refractivity contribution is 7.24. The van der Waals surface area contributed by atoms with Crippen molar-refractivity contribution in [1.82, 2.24) is 9.96 Å². The first kappa shape index (κ1) is 6.94. The summed E-state index contributed by atoms with van der Waals surface area (Å²) < 4.78 is 0. The summed E-state index contributed by atoms with van der Waals surface area (Å²) >= 11 is 0. The van der Waals surface area contributed by atoms with Crippen molar-refractivity contribution in [3.63, 3.8) is 0 Å². The molecular weight excluding hydrogens is 126 g/mol. The van der Waals surface area contributed by atoms with Crippen molar-refractivity contribution in [3.05, 3.63) is 18.1 Å². The highest BCUT2D eigenvalue weighted by Gasteiger charge is 1.60. The fourth-order valence-electron chi connectivity index (χ4n) is 0.205. The molecule has 1 rings (SSSR count). The topological polar surface area (TPSA) is 25.8 Å². The molecule has 1 atom stereocenters. The van der Waals surface area contributed by atoms with Crippen molar-refractivity contribution in [2.45, 2.75) is 0 Å². The van der Waals surface area contributed by atoms with Gasteiger partial charge in [0.2, 0.25) is 0 Å². The minimum atomic E-state index is 0. The predicted molar refractivity (Wildman–Crippen MR) is 35.7 cm³/mol. The smallest absolute Gasteiger partial charge is 0.0632 e. The zero-order valence-corrected chi connectivity index (χ0v) is 6.09. The van der Waals surface area contributed by atoms with Gasteiger partial charge in [-0.25, -0.2) is 0 Å². The van der Waals surface area contributed by atoms with Gasteiger partial charge in [0, 0.05) is 0 Å². The zero-order chi connectivity index (χ0) is 4.24. The molecule has 1 aromatic rings. The SMILES string of the molecule is P.c1cnnpc1. The maximum atomic E-state index is 3.63. The fraction of sp³-hybridized carbons (Fsp3) is 0. The van der Waals surface area contributed by atoms with E-state index in [0.717, 1.165) is 8.35 Å². The van der Waals surface area contributed by atoms with Crippen molar-refractivity contribution < 1.29 is 0 Å². The van der Waals surface area contributed by atoms with Crippen LogP contribution < -0.4 is 0 Å². The Morgan fingerprint density at radius 1 is 1.43 bits per heavy atom. The Bertz CT molecular complexity index is 82.9. The summed E-state index contributed by atoms with van der Waals surface area (Å²) in [6.07, 6.45) is 1.66. The molecule has 1 heterocycles. The summed E-state index contributed by atoms with van der Waals surface area (Å²) in [5.74, 6) is 1.92. The Morgan fingerprint density at radius 3 is 2.43 bits per heavy atom. The summed E-state index contributed by atoms with van der Waals surface area (Å²) in [7, 11) is 0.945. The number of rotatable bonds is 0. The first-order chi connectivity index (χ1) is 3.00. The number of hydrogen-bond donors (Lipinski definition) is 0. The van der Waals surface area contributed by atoms with Gasteiger partial charge in [0.05, 0.1) is 14.5 Å². The van der Waals surface area contributed by atoms with Crippen LogP contribution in [0.15, 0.2) is 18.1 Å². The van der Waals surface area contributed by atoms with Crippen LogP contribution in [-0.4, -0.2) is 9.96 Å². The molecule has 0 aromatic carbocycles. The van der Waals surface area contributed by atoms with E-state index in [4.69, 9.17) is 0 Å². The molecule has 0 spiro atoms. The van der Waals surface area contributed by atoms with E-state index in [0.29, 0.717) is 0 Å². The molecule has 4 heteroatoms. The maximum absolute atomic E-state index is 3.63. The summed E-state index contributed by atoms with van der Waals surface area (Å²) in [5.41, 5.74) is 0. The number of hydrogen-bond acceptors (Lipinski definition) is 2. The Labute approximate surface area is 47.1 Å². The van der Waals surface area contributed by atoms with E-state index in [9.17, 15) is 0 Å². The van der Waals surface area contributed by atoms with E-state index in [2.05, 4.69) is 9.96 Å². The van der Waals surface area contributed by atoms with E-state index in [-0.39, 0.29) is 9.90 Å². The summed E-state index contributed by atoms with van der Waals surface area (Å²) in [6.45, 7) is 0. The molecule has 0 fully saturated rings. The monoisotopic (exact) mass is 132 g/mol. The minimum absolute atomic E-state index is 0. The average molecular weight is 132 g/mol. The van der Waals surface area contributed by atoms with Crippen LogP contribution in [0.2, 0.25) is 0 Å². The molecule has 0 amide bonds. The number of aromatic nitrogens is 2. The first-order valence-electron chi connectivity index (χ1n) is 1.58. The highest BCUT2D eigenvalue weighted by Crippen LogP contribution is 1.88. The van der Waals surface area contributed by atoms with Crippen molar-refractivity contribution in [2.24, 2.45) is 0 Å². The predicted octanol–water partition coefficient (Wildman–Crippen LogP) is 1.11. The lowest BCUT2D eigenvalue weighted by molar-refractivity contribution is 1.13. The Kier molecular flexibility index (Phi) is 4.07. The van der Waals surface area contributed by atoms with Crippen molar-refractivity contribution in [3.8, 4) is 0 Å². The molecule has 0 radical (unpaired) electrons. The molecule has 0 aliphatic rings. The second kappa shape index (κ2) is 4.11. The Hall–Kier alpha value is -0.0600. The molecule has 7 heavy (non-hydrogen) atoms. The van der Waals surface area contributed by atoms with Gasteiger partial charge < -0.3 is 0 Å². The van der Waals surface area contributed by atoms with Crippen LogP contribution in [0.3, 0.4) is 0 Å². The fourth-order valence-corrected chi connectivity index (χ4v) is 0.538. The van der Waals surface area contributed by atoms with Gasteiger partial charge in [-0.05, 0) is 11.9 Å². The van der Waals surface area contributed by atoms with E-state index in [1.807, 2.05) is 11.9 Å². The standard InChI is InChI=1S/C3H3N2P.H3P/c1-2-4-5-6-3-1;/h1-3H;1H3. The normalized spacial score (nSPS) is 8.00. The van der Waals surface area contributed by atoms with E-state index >= 15 is 0 Å². The van der Waals surface area contributed by atoms with Gasteiger partial charge in [-0.1, -0.05) is 0 Å². The average Bonchev–Trinajstić information content (AvgIpc) is 1.72. The van der Waals surface area contributed by atoms with Gasteiger partial charge >= 0.3 is 0 Å². The Balaban J connectivity index is 0.000000360. The van der Waals surface area contributed by atoms with E-state index in [1.165, 1.54) is 0 Å². The van der Waals surface area contributed by atoms with Gasteiger partial charge in [-0.3, -0.25) is 0 Å². The number of nitrogens with zero attached hydrogens (tertiary/aromatic N) is 2. The molecule has 2 nitrogen and oxygen atoms in total. The van der Waals surface area contributed by atoms with Crippen LogP contribution in [0.4, 0.5) is 0 Å². The molecule has 1 unspecified atom stereocenters. The lowest BCUT2D eigenvalue weighted by atomic mass is 10.8. The molecule has 0 aliphatic carbocycles. The maximum Gasteiger partial charge on any atom is 0.0632 e. The van der Waals surface area contributed by atoms with E-state index in [1.54, 1.807) is 6.20 Å². The molecule has 0 saturated carbocycles. The quantitative estimate of drug-likeness (QED) is 0.494. The lowest BCUT2D eigenvalue weighted by Gasteiger charge is -1.67. The first-order valence-corrected chi connectivity index (χ1v) is 2.50. The highest BCUT2D eigenvalue weighted by atomic mass is 31.0. The van der Waals surface area contributed by atoms with Gasteiger partial charge in [0.15, 0.2) is 0 Å². The Morgan fingerprint density at radius 2 is 2.29 bits per heavy atom. The van der Waals surface area contributed by atoms with Crippen molar-refractivity contribution >= 4 is 18.3 Å². The van der Waals surface area contributed by atoms with Crippen molar-refractivity contribution in [2.75, 3.05) is 0 Å². The van der Waals surface area contributed by atoms with Crippen LogP contribution in [0.25, 0.3) is 0 Å². The molecule has 0 bridgehead atoms. The zero-order valence-electron chi connectivity index (χ0n) is 3.78. The van der Waals surface area contributed by atoms with Crippen LogP contribution >= 0.6 is 18.3 Å². The molecule has 0 saturated heterocycles. The van der Waals surface area contributed by atoms with Gasteiger partial charge in [0.25, 0.3) is 0 Å². The van der Waals surface area contributed by atoms with Gasteiger partial charge in [0.1, 0.15) is 0 Å². The van der Waals surface area contributed by atoms with E-state index < -0.39 is 0 Å². The molecule has 0 N–H and O–H groups in total. The molecule has 1 aromatic heterocycles. The minimum Gasteiger partial charge on any atom is -0.155 e. The molecule has 38 valence electrons. The largest absolute Gasteiger partial charge is 0.155 e. The van der Waals surface area contributed by atoms with Crippen LogP contribution in [0.1, 0.15) is 0 Å². The van der Waals surface area contributed by atoms with Gasteiger partial charge in [-0.15, -0.1) is 4.86 Å². The second-order valence-electron chi connectivity index (χ2n) is 0.811. The van der Waals surface area contributed by atoms with Crippen LogP contribution in [0.5, 0.6) is 0 Å². The summed E-state index contributed by atoms with van der Waals surface area (Å²) in [4.78, 5) is 3.63. The third kappa shape index (κ3) is 2.61. The van der Waals surface area contributed by atoms with Crippen LogP contribution in [-0.2, 0) is 0 Å². The van der Waals surface area contributed by atoms with Gasteiger partial charge in [-0.2, -0.15) is 15.0 Å². The van der Waals surface area contributed by atoms with Crippen LogP contribution in [0, 0.1) is 0 Å². The lowest BCUT2D eigenvalue weighted by Crippen LogP contribution is -1.63. The summed E-state index contributed by atoms with van der Waals surface area (Å²) in [6, 6.07) is 1.87. The third-order valence-corrected chi connectivity index (χ3v) is 0.921.